The van der Waals surface area contributed by atoms with Crippen molar-refractivity contribution in [1.82, 2.24) is 4.98 Å². The summed E-state index contributed by atoms with van der Waals surface area (Å²) in [6.45, 7) is 4.77. The summed E-state index contributed by atoms with van der Waals surface area (Å²) in [7, 11) is 0. The summed E-state index contributed by atoms with van der Waals surface area (Å²) in [5.74, 6) is -0.819. The summed E-state index contributed by atoms with van der Waals surface area (Å²) in [5, 5.41) is 0. The van der Waals surface area contributed by atoms with Crippen molar-refractivity contribution in [3.63, 3.8) is 0 Å². The number of ether oxygens (including phenoxy) is 2. The van der Waals surface area contributed by atoms with Gasteiger partial charge in [-0.25, -0.2) is 4.79 Å². The van der Waals surface area contributed by atoms with Crippen LogP contribution in [0.3, 0.4) is 0 Å². The predicted octanol–water partition coefficient (Wildman–Crippen LogP) is 4.09. The lowest BCUT2D eigenvalue weighted by Crippen LogP contribution is -2.14. The molecule has 26 heavy (non-hydrogen) atoms. The first-order valence-corrected chi connectivity index (χ1v) is 7.84. The zero-order valence-corrected chi connectivity index (χ0v) is 14.5. The first-order valence-electron chi connectivity index (χ1n) is 7.84. The van der Waals surface area contributed by atoms with Crippen LogP contribution in [0.4, 0.5) is 13.2 Å². The number of hydrogen-bond acceptors (Lipinski definition) is 4. The largest absolute Gasteiger partial charge is 0.485 e. The van der Waals surface area contributed by atoms with Gasteiger partial charge in [-0.15, -0.1) is 0 Å². The minimum absolute atomic E-state index is 0.137. The second kappa shape index (κ2) is 7.63. The van der Waals surface area contributed by atoms with Crippen molar-refractivity contribution in [3.8, 4) is 5.75 Å². The van der Waals surface area contributed by atoms with Gasteiger partial charge < -0.3 is 14.5 Å². The number of aromatic amines is 1. The Kier molecular flexibility index (Phi) is 5.74. The predicted molar refractivity (Wildman–Crippen MR) is 87.5 cm³/mol. The van der Waals surface area contributed by atoms with Gasteiger partial charge in [-0.1, -0.05) is 0 Å². The summed E-state index contributed by atoms with van der Waals surface area (Å²) in [6.07, 6.45) is -4.43. The van der Waals surface area contributed by atoms with Gasteiger partial charge in [-0.05, 0) is 50.6 Å². The highest BCUT2D eigenvalue weighted by molar-refractivity contribution is 6.02. The summed E-state index contributed by atoms with van der Waals surface area (Å²) in [4.78, 5) is 27.1. The van der Waals surface area contributed by atoms with Crippen LogP contribution in [-0.4, -0.2) is 30.0 Å². The van der Waals surface area contributed by atoms with Gasteiger partial charge in [-0.2, -0.15) is 13.2 Å². The SMILES string of the molecule is CCOC(=O)c1c(C)[nH]c(C(=O)COc2ccc(C(F)(F)F)cc2)c1C. The molecule has 1 heterocycles. The lowest BCUT2D eigenvalue weighted by molar-refractivity contribution is -0.137. The van der Waals surface area contributed by atoms with E-state index in [2.05, 4.69) is 4.98 Å². The van der Waals surface area contributed by atoms with E-state index < -0.39 is 23.5 Å². The van der Waals surface area contributed by atoms with E-state index >= 15 is 0 Å². The Morgan fingerprint density at radius 2 is 1.73 bits per heavy atom. The van der Waals surface area contributed by atoms with E-state index in [1.54, 1.807) is 20.8 Å². The molecule has 0 aliphatic heterocycles. The van der Waals surface area contributed by atoms with Crippen LogP contribution in [0.5, 0.6) is 5.75 Å². The monoisotopic (exact) mass is 369 g/mol. The molecule has 0 aliphatic rings. The molecule has 0 radical (unpaired) electrons. The zero-order valence-electron chi connectivity index (χ0n) is 14.5. The van der Waals surface area contributed by atoms with Crippen molar-refractivity contribution in [2.75, 3.05) is 13.2 Å². The van der Waals surface area contributed by atoms with Gasteiger partial charge in [0, 0.05) is 5.69 Å². The molecule has 0 fully saturated rings. The molecule has 0 unspecified atom stereocenters. The number of esters is 1. The number of rotatable bonds is 6. The molecule has 5 nitrogen and oxygen atoms in total. The maximum absolute atomic E-state index is 12.5. The number of carbonyl (C=O) groups is 2. The maximum Gasteiger partial charge on any atom is 0.416 e. The molecule has 0 saturated carbocycles. The van der Waals surface area contributed by atoms with Gasteiger partial charge in [0.25, 0.3) is 0 Å². The molecule has 140 valence electrons. The normalized spacial score (nSPS) is 11.3. The highest BCUT2D eigenvalue weighted by Gasteiger charge is 2.30. The summed E-state index contributed by atoms with van der Waals surface area (Å²) in [5.41, 5.74) is 0.647. The number of Topliss-reactive ketones (excluding diaryl/α,β-unsaturated/α-hetero) is 1. The molecule has 8 heteroatoms. The Labute approximate surface area is 148 Å². The minimum Gasteiger partial charge on any atom is -0.485 e. The van der Waals surface area contributed by atoms with Gasteiger partial charge >= 0.3 is 12.1 Å². The van der Waals surface area contributed by atoms with Crippen molar-refractivity contribution >= 4 is 11.8 Å². The van der Waals surface area contributed by atoms with Crippen molar-refractivity contribution in [1.29, 1.82) is 0 Å². The van der Waals surface area contributed by atoms with Gasteiger partial charge in [0.1, 0.15) is 5.75 Å². The van der Waals surface area contributed by atoms with Crippen molar-refractivity contribution in [3.05, 3.63) is 52.3 Å². The Bertz CT molecular complexity index is 807. The maximum atomic E-state index is 12.5. The highest BCUT2D eigenvalue weighted by Crippen LogP contribution is 2.30. The molecule has 0 spiro atoms. The molecule has 0 amide bonds. The van der Waals surface area contributed by atoms with E-state index in [-0.39, 0.29) is 24.7 Å². The fourth-order valence-electron chi connectivity index (χ4n) is 2.50. The number of aryl methyl sites for hydroxylation is 1. The van der Waals surface area contributed by atoms with Crippen LogP contribution in [-0.2, 0) is 10.9 Å². The van der Waals surface area contributed by atoms with Crippen LogP contribution in [0, 0.1) is 13.8 Å². The number of hydrogen-bond donors (Lipinski definition) is 1. The molecule has 1 N–H and O–H groups in total. The van der Waals surface area contributed by atoms with Gasteiger partial charge in [0.2, 0.25) is 5.78 Å². The van der Waals surface area contributed by atoms with E-state index in [1.807, 2.05) is 0 Å². The fourth-order valence-corrected chi connectivity index (χ4v) is 2.50. The van der Waals surface area contributed by atoms with Crippen LogP contribution < -0.4 is 4.74 Å². The summed E-state index contributed by atoms with van der Waals surface area (Å²) < 4.78 is 47.8. The van der Waals surface area contributed by atoms with E-state index in [9.17, 15) is 22.8 Å². The lowest BCUT2D eigenvalue weighted by atomic mass is 10.1. The smallest absolute Gasteiger partial charge is 0.416 e. The number of H-pyrrole nitrogens is 1. The number of ketones is 1. The molecule has 2 rings (SSSR count). The third kappa shape index (κ3) is 4.25. The molecule has 0 atom stereocenters. The van der Waals surface area contributed by atoms with Crippen molar-refractivity contribution in [2.24, 2.45) is 0 Å². The van der Waals surface area contributed by atoms with Crippen LogP contribution in [0.15, 0.2) is 24.3 Å². The second-order valence-corrected chi connectivity index (χ2v) is 5.58. The molecule has 1 aromatic heterocycles. The average molecular weight is 369 g/mol. The van der Waals surface area contributed by atoms with Gasteiger partial charge in [0.05, 0.1) is 23.4 Å². The lowest BCUT2D eigenvalue weighted by Gasteiger charge is -2.09. The topological polar surface area (TPSA) is 68.4 Å². The highest BCUT2D eigenvalue weighted by atomic mass is 19.4. The standard InChI is InChI=1S/C18H18F3NO4/c1-4-25-17(24)15-10(2)16(22-11(15)3)14(23)9-26-13-7-5-12(6-8-13)18(19,20)21/h5-8,22H,4,9H2,1-3H3. The van der Waals surface area contributed by atoms with Gasteiger partial charge in [-0.3, -0.25) is 4.79 Å². The number of benzene rings is 1. The molecule has 0 saturated heterocycles. The second-order valence-electron chi connectivity index (χ2n) is 5.58. The Hall–Kier alpha value is -2.77. The Morgan fingerprint density at radius 3 is 2.27 bits per heavy atom. The first-order chi connectivity index (χ1) is 12.1. The van der Waals surface area contributed by atoms with Crippen molar-refractivity contribution < 1.29 is 32.2 Å². The third-order valence-electron chi connectivity index (χ3n) is 3.75. The number of nitrogens with one attached hydrogen (secondary N) is 1. The van der Waals surface area contributed by atoms with E-state index in [4.69, 9.17) is 9.47 Å². The third-order valence-corrected chi connectivity index (χ3v) is 3.75. The number of halogens is 3. The minimum atomic E-state index is -4.43. The van der Waals surface area contributed by atoms with Crippen molar-refractivity contribution in [2.45, 2.75) is 26.9 Å². The number of alkyl halides is 3. The Morgan fingerprint density at radius 1 is 1.12 bits per heavy atom. The quantitative estimate of drug-likeness (QED) is 0.615. The fraction of sp³-hybridized carbons (Fsp3) is 0.333. The Balaban J connectivity index is 2.09. The van der Waals surface area contributed by atoms with Crippen LogP contribution >= 0.6 is 0 Å². The molecule has 0 bridgehead atoms. The van der Waals surface area contributed by atoms with E-state index in [0.717, 1.165) is 24.3 Å². The van der Waals surface area contributed by atoms with Crippen LogP contribution in [0.2, 0.25) is 0 Å². The van der Waals surface area contributed by atoms with Crippen LogP contribution in [0.1, 0.15) is 44.6 Å². The number of aromatic nitrogens is 1. The molecule has 2 aromatic rings. The molecule has 1 aromatic carbocycles. The number of carbonyl (C=O) groups excluding carboxylic acids is 2. The first kappa shape index (κ1) is 19.6. The zero-order chi connectivity index (χ0) is 19.5. The molecular formula is C18H18F3NO4. The summed E-state index contributed by atoms with van der Waals surface area (Å²) in [6, 6.07) is 4.05. The van der Waals surface area contributed by atoms with Crippen LogP contribution in [0.25, 0.3) is 0 Å². The van der Waals surface area contributed by atoms with E-state index in [0.29, 0.717) is 16.8 Å². The van der Waals surface area contributed by atoms with E-state index in [1.165, 1.54) is 0 Å². The molecular weight excluding hydrogens is 351 g/mol. The van der Waals surface area contributed by atoms with Gasteiger partial charge in [0.15, 0.2) is 6.61 Å². The summed E-state index contributed by atoms with van der Waals surface area (Å²) >= 11 is 0. The molecule has 0 aliphatic carbocycles. The average Bonchev–Trinajstić information content (AvgIpc) is 2.87.